The number of aliphatic hydroxyl groups excluding tert-OH is 1. The van der Waals surface area contributed by atoms with E-state index >= 15 is 0 Å². The lowest BCUT2D eigenvalue weighted by Gasteiger charge is -2.03. The molecular weight excluding hydrogens is 248 g/mol. The Morgan fingerprint density at radius 2 is 2.17 bits per heavy atom. The zero-order valence-corrected chi connectivity index (χ0v) is 11.2. The van der Waals surface area contributed by atoms with Crippen molar-refractivity contribution in [2.24, 2.45) is 0 Å². The number of pyridine rings is 1. The molecule has 2 heterocycles. The normalized spacial score (nSPS) is 10.9. The highest BCUT2D eigenvalue weighted by molar-refractivity contribution is 7.11. The highest BCUT2D eigenvalue weighted by atomic mass is 32.1. The maximum absolute atomic E-state index is 8.91. The van der Waals surface area contributed by atoms with E-state index in [0.29, 0.717) is 12.5 Å². The summed E-state index contributed by atoms with van der Waals surface area (Å²) >= 11 is 1.62. The van der Waals surface area contributed by atoms with Gasteiger partial charge in [0.15, 0.2) is 0 Å². The van der Waals surface area contributed by atoms with Gasteiger partial charge in [-0.3, -0.25) is 0 Å². The minimum Gasteiger partial charge on any atom is -0.392 e. The van der Waals surface area contributed by atoms with E-state index in [1.54, 1.807) is 17.5 Å². The van der Waals surface area contributed by atoms with E-state index in [1.165, 1.54) is 0 Å². The average molecular weight is 264 g/mol. The molecule has 2 N–H and O–H groups in total. The van der Waals surface area contributed by atoms with Crippen molar-refractivity contribution in [3.05, 3.63) is 33.9 Å². The molecule has 18 heavy (non-hydrogen) atoms. The Labute approximate surface area is 110 Å². The molecule has 6 heteroatoms. The van der Waals surface area contributed by atoms with Crippen molar-refractivity contribution in [3.8, 4) is 0 Å². The molecular formula is C12H16N4OS. The summed E-state index contributed by atoms with van der Waals surface area (Å²) in [4.78, 5) is 4.19. The Kier molecular flexibility index (Phi) is 4.22. The van der Waals surface area contributed by atoms with E-state index < -0.39 is 0 Å². The molecule has 2 rings (SSSR count). The van der Waals surface area contributed by atoms with Crippen LogP contribution in [0.5, 0.6) is 0 Å². The van der Waals surface area contributed by atoms with Gasteiger partial charge >= 0.3 is 0 Å². The molecule has 0 aliphatic rings. The summed E-state index contributed by atoms with van der Waals surface area (Å²) in [6.45, 7) is 4.84. The molecule has 0 fully saturated rings. The molecule has 2 aromatic rings. The second kappa shape index (κ2) is 5.88. The Morgan fingerprint density at radius 1 is 1.33 bits per heavy atom. The molecule has 0 spiro atoms. The fourth-order valence-corrected chi connectivity index (χ4v) is 2.14. The van der Waals surface area contributed by atoms with Gasteiger partial charge in [-0.2, -0.15) is 0 Å². The Morgan fingerprint density at radius 3 is 2.72 bits per heavy atom. The third-order valence-corrected chi connectivity index (χ3v) is 3.63. The molecule has 0 unspecified atom stereocenters. The van der Waals surface area contributed by atoms with Gasteiger partial charge in [0.1, 0.15) is 15.8 Å². The van der Waals surface area contributed by atoms with E-state index in [2.05, 4.69) is 34.3 Å². The fourth-order valence-electron chi connectivity index (χ4n) is 1.36. The van der Waals surface area contributed by atoms with Gasteiger partial charge in [-0.1, -0.05) is 31.3 Å². The molecule has 0 saturated carbocycles. The number of aliphatic hydroxyl groups is 1. The van der Waals surface area contributed by atoms with Crippen molar-refractivity contribution in [1.82, 2.24) is 15.2 Å². The lowest BCUT2D eigenvalue weighted by atomic mass is 10.2. The maximum Gasteiger partial charge on any atom is 0.136 e. The van der Waals surface area contributed by atoms with Crippen LogP contribution >= 0.6 is 11.3 Å². The quantitative estimate of drug-likeness (QED) is 0.866. The summed E-state index contributed by atoms with van der Waals surface area (Å²) in [6, 6.07) is 3.69. The molecule has 0 radical (unpaired) electrons. The summed E-state index contributed by atoms with van der Waals surface area (Å²) in [5.41, 5.74) is 0.804. The Bertz CT molecular complexity index is 495. The van der Waals surface area contributed by atoms with Gasteiger partial charge in [-0.25, -0.2) is 4.98 Å². The predicted molar refractivity (Wildman–Crippen MR) is 71.5 cm³/mol. The number of hydrogen-bond donors (Lipinski definition) is 2. The highest BCUT2D eigenvalue weighted by Gasteiger charge is 2.07. The molecule has 96 valence electrons. The zero-order chi connectivity index (χ0) is 13.0. The highest BCUT2D eigenvalue weighted by Crippen LogP contribution is 2.19. The minimum absolute atomic E-state index is 0.0153. The van der Waals surface area contributed by atoms with Crippen LogP contribution in [0.25, 0.3) is 0 Å². The molecule has 0 aliphatic carbocycles. The largest absolute Gasteiger partial charge is 0.392 e. The molecule has 0 bridgehead atoms. The number of rotatable bonds is 5. The molecule has 0 atom stereocenters. The third-order valence-electron chi connectivity index (χ3n) is 2.40. The van der Waals surface area contributed by atoms with Crippen molar-refractivity contribution < 1.29 is 5.11 Å². The molecule has 2 aromatic heterocycles. The summed E-state index contributed by atoms with van der Waals surface area (Å²) in [7, 11) is 0. The van der Waals surface area contributed by atoms with Crippen LogP contribution in [-0.4, -0.2) is 20.3 Å². The number of aromatic nitrogens is 3. The summed E-state index contributed by atoms with van der Waals surface area (Å²) < 4.78 is 0. The Hall–Kier alpha value is -1.53. The van der Waals surface area contributed by atoms with Crippen molar-refractivity contribution in [2.45, 2.75) is 32.9 Å². The second-order valence-corrected chi connectivity index (χ2v) is 5.35. The smallest absolute Gasteiger partial charge is 0.136 e. The first kappa shape index (κ1) is 12.9. The standard InChI is InChI=1S/C12H16N4OS/c1-8(2)12-16-15-11(18-12)6-14-10-4-3-9(7-17)5-13-10/h3-5,8,17H,6-7H2,1-2H3,(H,13,14). The molecule has 0 aliphatic heterocycles. The van der Waals surface area contributed by atoms with Gasteiger partial charge in [0, 0.05) is 12.1 Å². The van der Waals surface area contributed by atoms with E-state index in [1.807, 2.05) is 12.1 Å². The minimum atomic E-state index is 0.0153. The van der Waals surface area contributed by atoms with Crippen LogP contribution in [0.15, 0.2) is 18.3 Å². The number of nitrogens with one attached hydrogen (secondary N) is 1. The van der Waals surface area contributed by atoms with Gasteiger partial charge in [-0.15, -0.1) is 10.2 Å². The lowest BCUT2D eigenvalue weighted by molar-refractivity contribution is 0.281. The van der Waals surface area contributed by atoms with Crippen molar-refractivity contribution in [2.75, 3.05) is 5.32 Å². The summed E-state index contributed by atoms with van der Waals surface area (Å²) in [5, 5.41) is 22.4. The first-order valence-electron chi connectivity index (χ1n) is 5.81. The van der Waals surface area contributed by atoms with Crippen molar-refractivity contribution >= 4 is 17.2 Å². The topological polar surface area (TPSA) is 70.9 Å². The van der Waals surface area contributed by atoms with Gasteiger partial charge < -0.3 is 10.4 Å². The first-order valence-corrected chi connectivity index (χ1v) is 6.62. The van der Waals surface area contributed by atoms with Crippen LogP contribution in [0.4, 0.5) is 5.82 Å². The first-order chi connectivity index (χ1) is 8.69. The molecule has 5 nitrogen and oxygen atoms in total. The van der Waals surface area contributed by atoms with Crippen LogP contribution < -0.4 is 5.32 Å². The van der Waals surface area contributed by atoms with Crippen molar-refractivity contribution in [3.63, 3.8) is 0 Å². The lowest BCUT2D eigenvalue weighted by Crippen LogP contribution is -2.01. The van der Waals surface area contributed by atoms with E-state index in [-0.39, 0.29) is 6.61 Å². The number of anilines is 1. The van der Waals surface area contributed by atoms with Gasteiger partial charge in [0.05, 0.1) is 13.2 Å². The Balaban J connectivity index is 1.93. The monoisotopic (exact) mass is 264 g/mol. The zero-order valence-electron chi connectivity index (χ0n) is 10.4. The molecule has 0 saturated heterocycles. The third kappa shape index (κ3) is 3.24. The van der Waals surface area contributed by atoms with Crippen LogP contribution in [-0.2, 0) is 13.2 Å². The van der Waals surface area contributed by atoms with Crippen LogP contribution in [0.1, 0.15) is 35.3 Å². The van der Waals surface area contributed by atoms with Gasteiger partial charge in [0.2, 0.25) is 0 Å². The average Bonchev–Trinajstić information content (AvgIpc) is 2.86. The van der Waals surface area contributed by atoms with E-state index in [9.17, 15) is 0 Å². The molecule has 0 aromatic carbocycles. The predicted octanol–water partition coefficient (Wildman–Crippen LogP) is 2.16. The number of hydrogen-bond acceptors (Lipinski definition) is 6. The van der Waals surface area contributed by atoms with E-state index in [0.717, 1.165) is 21.4 Å². The summed E-state index contributed by atoms with van der Waals surface area (Å²) in [5.74, 6) is 1.19. The van der Waals surface area contributed by atoms with E-state index in [4.69, 9.17) is 5.11 Å². The second-order valence-electron chi connectivity index (χ2n) is 4.25. The maximum atomic E-state index is 8.91. The van der Waals surface area contributed by atoms with Crippen molar-refractivity contribution in [1.29, 1.82) is 0 Å². The van der Waals surface area contributed by atoms with Crippen LogP contribution in [0.3, 0.4) is 0 Å². The van der Waals surface area contributed by atoms with Gasteiger partial charge in [0.25, 0.3) is 0 Å². The summed E-state index contributed by atoms with van der Waals surface area (Å²) in [6.07, 6.45) is 1.65. The molecule has 0 amide bonds. The van der Waals surface area contributed by atoms with Crippen LogP contribution in [0.2, 0.25) is 0 Å². The number of nitrogens with zero attached hydrogens (tertiary/aromatic N) is 3. The van der Waals surface area contributed by atoms with Gasteiger partial charge in [-0.05, 0) is 11.6 Å². The van der Waals surface area contributed by atoms with Crippen LogP contribution in [0, 0.1) is 0 Å². The fraction of sp³-hybridized carbons (Fsp3) is 0.417. The SMILES string of the molecule is CC(C)c1nnc(CNc2ccc(CO)cn2)s1.